The van der Waals surface area contributed by atoms with Crippen LogP contribution >= 0.6 is 0 Å². The number of carbonyl (C=O) groups is 1. The molecule has 6 heteroatoms. The lowest BCUT2D eigenvalue weighted by molar-refractivity contribution is 0.261. The minimum absolute atomic E-state index is 0.285. The van der Waals surface area contributed by atoms with E-state index in [0.29, 0.717) is 18.0 Å². The van der Waals surface area contributed by atoms with E-state index in [-0.39, 0.29) is 5.82 Å². The number of carbonyl (C=O) groups excluding carboxylic acids is 1. The van der Waals surface area contributed by atoms with Crippen LogP contribution in [-0.2, 0) is 6.61 Å². The fraction of sp³-hybridized carbons (Fsp3) is 0.0526. The Morgan fingerprint density at radius 1 is 1.00 bits per heavy atom. The molecule has 126 valence electrons. The van der Waals surface area contributed by atoms with Gasteiger partial charge in [-0.1, -0.05) is 36.4 Å². The van der Waals surface area contributed by atoms with Gasteiger partial charge in [0.1, 0.15) is 12.4 Å². The quantitative estimate of drug-likeness (QED) is 0.723. The Bertz CT molecular complexity index is 856. The highest BCUT2D eigenvalue weighted by molar-refractivity contribution is 5.99. The third kappa shape index (κ3) is 4.78. The molecular formula is C19H16FN3O2. The highest BCUT2D eigenvalue weighted by Crippen LogP contribution is 2.22. The van der Waals surface area contributed by atoms with Crippen LogP contribution in [0.15, 0.2) is 72.9 Å². The van der Waals surface area contributed by atoms with Gasteiger partial charge in [-0.3, -0.25) is 5.32 Å². The zero-order chi connectivity index (χ0) is 17.5. The summed E-state index contributed by atoms with van der Waals surface area (Å²) in [6.45, 7) is 0.354. The van der Waals surface area contributed by atoms with E-state index < -0.39 is 11.8 Å². The number of halogens is 1. The molecule has 0 saturated carbocycles. The van der Waals surface area contributed by atoms with E-state index in [1.807, 2.05) is 30.3 Å². The van der Waals surface area contributed by atoms with Gasteiger partial charge in [0.2, 0.25) is 0 Å². The number of ether oxygens (including phenoxy) is 1. The number of aromatic nitrogens is 1. The van der Waals surface area contributed by atoms with Gasteiger partial charge in [-0.25, -0.2) is 14.2 Å². The maximum atomic E-state index is 13.2. The molecule has 0 unspecified atom stereocenters. The van der Waals surface area contributed by atoms with Crippen LogP contribution < -0.4 is 15.4 Å². The molecule has 0 spiro atoms. The van der Waals surface area contributed by atoms with Crippen molar-refractivity contribution < 1.29 is 13.9 Å². The number of benzene rings is 2. The van der Waals surface area contributed by atoms with Crippen LogP contribution in [0, 0.1) is 5.82 Å². The number of pyridine rings is 1. The molecule has 25 heavy (non-hydrogen) atoms. The molecule has 0 fully saturated rings. The van der Waals surface area contributed by atoms with Crippen LogP contribution in [-0.4, -0.2) is 11.0 Å². The van der Waals surface area contributed by atoms with Crippen molar-refractivity contribution in [1.82, 2.24) is 4.98 Å². The Kier molecular flexibility index (Phi) is 5.21. The number of hydrogen-bond acceptors (Lipinski definition) is 3. The average molecular weight is 337 g/mol. The SMILES string of the molecule is O=C(Nc1cccc(F)c1)Nc1ncccc1OCc1ccccc1. The first-order valence-electron chi connectivity index (χ1n) is 7.66. The van der Waals surface area contributed by atoms with Gasteiger partial charge in [-0.15, -0.1) is 0 Å². The number of nitrogens with one attached hydrogen (secondary N) is 2. The highest BCUT2D eigenvalue weighted by Gasteiger charge is 2.09. The molecule has 2 amide bonds. The predicted molar refractivity (Wildman–Crippen MR) is 94.1 cm³/mol. The predicted octanol–water partition coefficient (Wildman–Crippen LogP) is 4.44. The number of hydrogen-bond donors (Lipinski definition) is 2. The molecule has 1 aromatic heterocycles. The molecule has 0 aliphatic carbocycles. The molecule has 2 aromatic carbocycles. The summed E-state index contributed by atoms with van der Waals surface area (Å²) in [5, 5.41) is 5.15. The van der Waals surface area contributed by atoms with E-state index in [0.717, 1.165) is 5.56 Å². The van der Waals surface area contributed by atoms with Crippen LogP contribution in [0.25, 0.3) is 0 Å². The number of amides is 2. The maximum Gasteiger partial charge on any atom is 0.324 e. The van der Waals surface area contributed by atoms with Crippen molar-refractivity contribution in [3.63, 3.8) is 0 Å². The third-order valence-corrected chi connectivity index (χ3v) is 3.32. The summed E-state index contributed by atoms with van der Waals surface area (Å²) in [7, 11) is 0. The van der Waals surface area contributed by atoms with Gasteiger partial charge in [0.05, 0.1) is 0 Å². The van der Waals surface area contributed by atoms with E-state index >= 15 is 0 Å². The Morgan fingerprint density at radius 2 is 1.84 bits per heavy atom. The summed E-state index contributed by atoms with van der Waals surface area (Å²) in [5.74, 6) is 0.301. The van der Waals surface area contributed by atoms with Crippen LogP contribution in [0.5, 0.6) is 5.75 Å². The van der Waals surface area contributed by atoms with Crippen LogP contribution in [0.1, 0.15) is 5.56 Å². The molecule has 0 saturated heterocycles. The molecular weight excluding hydrogens is 321 g/mol. The minimum Gasteiger partial charge on any atom is -0.485 e. The molecule has 2 N–H and O–H groups in total. The normalized spacial score (nSPS) is 10.1. The first-order chi connectivity index (χ1) is 12.2. The first-order valence-corrected chi connectivity index (χ1v) is 7.66. The number of urea groups is 1. The molecule has 1 heterocycles. The van der Waals surface area contributed by atoms with E-state index in [9.17, 15) is 9.18 Å². The van der Waals surface area contributed by atoms with Crippen LogP contribution in [0.3, 0.4) is 0 Å². The highest BCUT2D eigenvalue weighted by atomic mass is 19.1. The Labute approximate surface area is 144 Å². The summed E-state index contributed by atoms with van der Waals surface area (Å²) >= 11 is 0. The zero-order valence-corrected chi connectivity index (χ0v) is 13.3. The van der Waals surface area contributed by atoms with Crippen molar-refractivity contribution in [2.75, 3.05) is 10.6 Å². The van der Waals surface area contributed by atoms with Gasteiger partial charge in [0, 0.05) is 11.9 Å². The molecule has 0 aliphatic rings. The Morgan fingerprint density at radius 3 is 2.64 bits per heavy atom. The molecule has 0 aliphatic heterocycles. The lowest BCUT2D eigenvalue weighted by Gasteiger charge is -2.12. The molecule has 0 atom stereocenters. The summed E-state index contributed by atoms with van der Waals surface area (Å²) in [4.78, 5) is 16.2. The smallest absolute Gasteiger partial charge is 0.324 e. The van der Waals surface area contributed by atoms with E-state index in [1.165, 1.54) is 18.2 Å². The van der Waals surface area contributed by atoms with Gasteiger partial charge in [-0.05, 0) is 35.9 Å². The fourth-order valence-corrected chi connectivity index (χ4v) is 2.17. The van der Waals surface area contributed by atoms with Crippen molar-refractivity contribution in [1.29, 1.82) is 0 Å². The van der Waals surface area contributed by atoms with Gasteiger partial charge in [-0.2, -0.15) is 0 Å². The minimum atomic E-state index is -0.533. The van der Waals surface area contributed by atoms with Gasteiger partial charge < -0.3 is 10.1 Å². The van der Waals surface area contributed by atoms with Gasteiger partial charge >= 0.3 is 6.03 Å². The second-order valence-corrected chi connectivity index (χ2v) is 5.21. The van der Waals surface area contributed by atoms with E-state index in [4.69, 9.17) is 4.74 Å². The lowest BCUT2D eigenvalue weighted by Crippen LogP contribution is -2.20. The lowest BCUT2D eigenvalue weighted by atomic mass is 10.2. The second-order valence-electron chi connectivity index (χ2n) is 5.21. The fourth-order valence-electron chi connectivity index (χ4n) is 2.17. The maximum absolute atomic E-state index is 13.2. The molecule has 0 bridgehead atoms. The topological polar surface area (TPSA) is 63.2 Å². The molecule has 3 rings (SSSR count). The van der Waals surface area contributed by atoms with Crippen LogP contribution in [0.2, 0.25) is 0 Å². The standard InChI is InChI=1S/C19H16FN3O2/c20-15-8-4-9-16(12-15)22-19(24)23-18-17(10-5-11-21-18)25-13-14-6-2-1-3-7-14/h1-12H,13H2,(H2,21,22,23,24). The molecule has 0 radical (unpaired) electrons. The summed E-state index contributed by atoms with van der Waals surface area (Å²) < 4.78 is 18.9. The van der Waals surface area contributed by atoms with Crippen molar-refractivity contribution in [3.8, 4) is 5.75 Å². The van der Waals surface area contributed by atoms with Crippen molar-refractivity contribution in [2.24, 2.45) is 0 Å². The average Bonchev–Trinajstić information content (AvgIpc) is 2.62. The Hall–Kier alpha value is -3.41. The molecule has 5 nitrogen and oxygen atoms in total. The van der Waals surface area contributed by atoms with E-state index in [2.05, 4.69) is 15.6 Å². The van der Waals surface area contributed by atoms with E-state index in [1.54, 1.807) is 24.4 Å². The summed E-state index contributed by atoms with van der Waals surface area (Å²) in [6, 6.07) is 18.2. The number of nitrogens with zero attached hydrogens (tertiary/aromatic N) is 1. The second kappa shape index (κ2) is 7.92. The largest absolute Gasteiger partial charge is 0.485 e. The zero-order valence-electron chi connectivity index (χ0n) is 13.3. The van der Waals surface area contributed by atoms with Crippen molar-refractivity contribution >= 4 is 17.5 Å². The third-order valence-electron chi connectivity index (χ3n) is 3.32. The summed E-state index contributed by atoms with van der Waals surface area (Å²) in [6.07, 6.45) is 1.55. The van der Waals surface area contributed by atoms with Crippen LogP contribution in [0.4, 0.5) is 20.7 Å². The van der Waals surface area contributed by atoms with Crippen molar-refractivity contribution in [3.05, 3.63) is 84.3 Å². The number of anilines is 2. The van der Waals surface area contributed by atoms with Gasteiger partial charge in [0.25, 0.3) is 0 Å². The molecule has 3 aromatic rings. The van der Waals surface area contributed by atoms with Gasteiger partial charge in [0.15, 0.2) is 11.6 Å². The van der Waals surface area contributed by atoms with Crippen molar-refractivity contribution in [2.45, 2.75) is 6.61 Å². The first kappa shape index (κ1) is 16.4. The summed E-state index contributed by atoms with van der Waals surface area (Å²) in [5.41, 5.74) is 1.35. The number of rotatable bonds is 5. The Balaban J connectivity index is 1.65. The monoisotopic (exact) mass is 337 g/mol.